The Morgan fingerprint density at radius 2 is 1.75 bits per heavy atom. The fraction of sp³-hybridized carbons (Fsp3) is 0.250. The van der Waals surface area contributed by atoms with E-state index in [-0.39, 0.29) is 23.0 Å². The summed E-state index contributed by atoms with van der Waals surface area (Å²) in [6.07, 6.45) is -0.300. The lowest BCUT2D eigenvalue weighted by Crippen LogP contribution is -2.26. The van der Waals surface area contributed by atoms with E-state index in [1.165, 1.54) is 19.2 Å². The van der Waals surface area contributed by atoms with Crippen molar-refractivity contribution in [3.05, 3.63) is 48.0 Å². The Labute approximate surface area is 191 Å². The molecule has 0 aromatic heterocycles. The highest BCUT2D eigenvalue weighted by atomic mass is 32.2. The van der Waals surface area contributed by atoms with Crippen LogP contribution in [-0.4, -0.2) is 51.1 Å². The second kappa shape index (κ2) is 11.4. The second-order valence-corrected chi connectivity index (χ2v) is 8.57. The van der Waals surface area contributed by atoms with E-state index >= 15 is 0 Å². The van der Waals surface area contributed by atoms with Crippen molar-refractivity contribution in [2.45, 2.75) is 18.2 Å². The molecule has 4 N–H and O–H groups in total. The van der Waals surface area contributed by atoms with Crippen LogP contribution in [0.5, 0.6) is 11.5 Å². The molecule has 172 valence electrons. The fourth-order valence-corrected chi connectivity index (χ4v) is 3.72. The van der Waals surface area contributed by atoms with Gasteiger partial charge in [-0.15, -0.1) is 0 Å². The van der Waals surface area contributed by atoms with Gasteiger partial charge in [-0.25, -0.2) is 13.1 Å². The zero-order chi connectivity index (χ0) is 23.7. The van der Waals surface area contributed by atoms with E-state index in [9.17, 15) is 13.2 Å². The topological polar surface area (TPSA) is 138 Å². The zero-order valence-corrected chi connectivity index (χ0v) is 19.3. The molecule has 2 aromatic rings. The van der Waals surface area contributed by atoms with Gasteiger partial charge in [-0.2, -0.15) is 5.10 Å². The molecule has 0 aliphatic carbocycles. The monoisotopic (exact) mass is 480 g/mol. The minimum atomic E-state index is -3.79. The third kappa shape index (κ3) is 7.18. The van der Waals surface area contributed by atoms with Crippen LogP contribution >= 0.6 is 12.2 Å². The first kappa shape index (κ1) is 25.0. The van der Waals surface area contributed by atoms with Gasteiger partial charge >= 0.3 is 5.97 Å². The second-order valence-electron chi connectivity index (χ2n) is 6.40. The number of sulfonamides is 1. The number of nitrogens with zero attached hydrogens (tertiary/aromatic N) is 1. The maximum Gasteiger partial charge on any atom is 0.304 e. The number of aliphatic carboxylic acids is 1. The Kier molecular flexibility index (Phi) is 8.93. The SMILES string of the molecule is COc1ccc(NC(=S)N/N=C(\C)c2ccc(S(=O)(=O)NCCC(=O)O)cc2)cc1OC. The van der Waals surface area contributed by atoms with Crippen molar-refractivity contribution in [2.24, 2.45) is 5.10 Å². The Balaban J connectivity index is 1.99. The Morgan fingerprint density at radius 3 is 2.34 bits per heavy atom. The average Bonchev–Trinajstić information content (AvgIpc) is 2.77. The van der Waals surface area contributed by atoms with Crippen LogP contribution in [0, 0.1) is 0 Å². The van der Waals surface area contributed by atoms with E-state index in [0.29, 0.717) is 28.5 Å². The normalized spacial score (nSPS) is 11.5. The van der Waals surface area contributed by atoms with Gasteiger partial charge < -0.3 is 19.9 Å². The number of benzene rings is 2. The molecule has 0 saturated carbocycles. The van der Waals surface area contributed by atoms with Crippen molar-refractivity contribution >= 4 is 44.7 Å². The number of rotatable bonds is 10. The Hall–Kier alpha value is -3.22. The summed E-state index contributed by atoms with van der Waals surface area (Å²) in [6.45, 7) is 1.55. The number of methoxy groups -OCH3 is 2. The first-order chi connectivity index (χ1) is 15.2. The van der Waals surface area contributed by atoms with Gasteiger partial charge in [-0.1, -0.05) is 12.1 Å². The minimum Gasteiger partial charge on any atom is -0.493 e. The van der Waals surface area contributed by atoms with Crippen LogP contribution in [0.25, 0.3) is 0 Å². The lowest BCUT2D eigenvalue weighted by molar-refractivity contribution is -0.136. The van der Waals surface area contributed by atoms with Crippen LogP contribution < -0.4 is 24.9 Å². The lowest BCUT2D eigenvalue weighted by Gasteiger charge is -2.12. The molecule has 10 nitrogen and oxygen atoms in total. The molecule has 0 heterocycles. The predicted octanol–water partition coefficient (Wildman–Crippen LogP) is 2.17. The van der Waals surface area contributed by atoms with Crippen molar-refractivity contribution in [2.75, 3.05) is 26.1 Å². The van der Waals surface area contributed by atoms with E-state index in [0.717, 1.165) is 0 Å². The number of hydrogen-bond donors (Lipinski definition) is 4. The van der Waals surface area contributed by atoms with Crippen molar-refractivity contribution in [1.82, 2.24) is 10.1 Å². The first-order valence-electron chi connectivity index (χ1n) is 9.31. The molecule has 0 aliphatic heterocycles. The van der Waals surface area contributed by atoms with Crippen molar-refractivity contribution in [1.29, 1.82) is 0 Å². The number of carboxylic acids is 1. The van der Waals surface area contributed by atoms with Gasteiger partial charge in [-0.05, 0) is 49.0 Å². The number of hydrogen-bond acceptors (Lipinski definition) is 7. The summed E-state index contributed by atoms with van der Waals surface area (Å²) in [7, 11) is -0.704. The van der Waals surface area contributed by atoms with Crippen LogP contribution in [0.3, 0.4) is 0 Å². The van der Waals surface area contributed by atoms with Gasteiger partial charge in [0.15, 0.2) is 16.6 Å². The summed E-state index contributed by atoms with van der Waals surface area (Å²) in [5.41, 5.74) is 4.66. The van der Waals surface area contributed by atoms with Crippen LogP contribution in [0.15, 0.2) is 52.5 Å². The van der Waals surface area contributed by atoms with Gasteiger partial charge in [0, 0.05) is 18.3 Å². The molecule has 0 bridgehead atoms. The number of thiocarbonyl (C=S) groups is 1. The maximum absolute atomic E-state index is 12.2. The summed E-state index contributed by atoms with van der Waals surface area (Å²) in [6, 6.07) is 11.3. The number of carboxylic acid groups (broad SMARTS) is 1. The minimum absolute atomic E-state index is 0.0260. The average molecular weight is 481 g/mol. The molecule has 2 aromatic carbocycles. The Bertz CT molecular complexity index is 1100. The van der Waals surface area contributed by atoms with E-state index < -0.39 is 16.0 Å². The summed E-state index contributed by atoms with van der Waals surface area (Å²) in [5, 5.41) is 16.0. The highest BCUT2D eigenvalue weighted by molar-refractivity contribution is 7.89. The zero-order valence-electron chi connectivity index (χ0n) is 17.7. The van der Waals surface area contributed by atoms with Crippen molar-refractivity contribution in [3.63, 3.8) is 0 Å². The molecule has 0 spiro atoms. The van der Waals surface area contributed by atoms with E-state index in [1.807, 2.05) is 0 Å². The van der Waals surface area contributed by atoms with E-state index in [2.05, 4.69) is 20.6 Å². The maximum atomic E-state index is 12.2. The van der Waals surface area contributed by atoms with Crippen LogP contribution in [0.4, 0.5) is 5.69 Å². The van der Waals surface area contributed by atoms with Crippen molar-refractivity contribution < 1.29 is 27.8 Å². The summed E-state index contributed by atoms with van der Waals surface area (Å²) >= 11 is 5.24. The largest absolute Gasteiger partial charge is 0.493 e. The Morgan fingerprint density at radius 1 is 1.09 bits per heavy atom. The molecule has 32 heavy (non-hydrogen) atoms. The van der Waals surface area contributed by atoms with Gasteiger partial charge in [0.05, 0.1) is 31.2 Å². The van der Waals surface area contributed by atoms with E-state index in [4.69, 9.17) is 26.8 Å². The number of hydrazone groups is 1. The molecule has 2 rings (SSSR count). The first-order valence-corrected chi connectivity index (χ1v) is 11.2. The van der Waals surface area contributed by atoms with Gasteiger partial charge in [-0.3, -0.25) is 10.2 Å². The van der Waals surface area contributed by atoms with Crippen molar-refractivity contribution in [3.8, 4) is 11.5 Å². The predicted molar refractivity (Wildman–Crippen MR) is 125 cm³/mol. The summed E-state index contributed by atoms with van der Waals surface area (Å²) in [5.74, 6) is 0.0572. The highest BCUT2D eigenvalue weighted by Crippen LogP contribution is 2.29. The van der Waals surface area contributed by atoms with Gasteiger partial charge in [0.1, 0.15) is 0 Å². The number of ether oxygens (including phenoxy) is 2. The van der Waals surface area contributed by atoms with Crippen LogP contribution in [0.1, 0.15) is 18.9 Å². The molecule has 0 aliphatic rings. The standard InChI is InChI=1S/C20H24N4O6S2/c1-13(14-4-7-16(8-5-14)32(27,28)21-11-10-19(25)26)23-24-20(31)22-15-6-9-17(29-2)18(12-15)30-3/h4-9,12,21H,10-11H2,1-3H3,(H,25,26)(H2,22,24,31)/b23-13+. The molecule has 0 saturated heterocycles. The van der Waals surface area contributed by atoms with Crippen LogP contribution in [-0.2, 0) is 14.8 Å². The molecular formula is C20H24N4O6S2. The summed E-state index contributed by atoms with van der Waals surface area (Å²) in [4.78, 5) is 10.6. The number of nitrogens with one attached hydrogen (secondary N) is 3. The fourth-order valence-electron chi connectivity index (χ4n) is 2.52. The highest BCUT2D eigenvalue weighted by Gasteiger charge is 2.14. The quantitative estimate of drug-likeness (QED) is 0.229. The lowest BCUT2D eigenvalue weighted by atomic mass is 10.1. The molecule has 0 atom stereocenters. The van der Waals surface area contributed by atoms with Gasteiger partial charge in [0.25, 0.3) is 0 Å². The molecule has 12 heteroatoms. The summed E-state index contributed by atoms with van der Waals surface area (Å²) < 4.78 is 37.0. The molecule has 0 amide bonds. The number of carbonyl (C=O) groups is 1. The number of anilines is 1. The van der Waals surface area contributed by atoms with Gasteiger partial charge in [0.2, 0.25) is 10.0 Å². The third-order valence-electron chi connectivity index (χ3n) is 4.18. The smallest absolute Gasteiger partial charge is 0.304 e. The van der Waals surface area contributed by atoms with Crippen LogP contribution in [0.2, 0.25) is 0 Å². The van der Waals surface area contributed by atoms with E-state index in [1.54, 1.807) is 44.4 Å². The molecular weight excluding hydrogens is 456 g/mol. The molecule has 0 unspecified atom stereocenters. The molecule has 0 fully saturated rings. The molecule has 0 radical (unpaired) electrons. The third-order valence-corrected chi connectivity index (χ3v) is 5.85.